The number of halogens is 1. The average Bonchev–Trinajstić information content (AvgIpc) is 2.16. The number of alkyl halides is 1. The van der Waals surface area contributed by atoms with Crippen LogP contribution >= 0.6 is 11.6 Å². The topological polar surface area (TPSA) is 29.5 Å². The van der Waals surface area contributed by atoms with E-state index in [2.05, 4.69) is 11.8 Å². The summed E-state index contributed by atoms with van der Waals surface area (Å²) in [7, 11) is 1.49. The van der Waals surface area contributed by atoms with Crippen LogP contribution in [0, 0.1) is 11.8 Å². The molecule has 1 aromatic rings. The lowest BCUT2D eigenvalue weighted by Gasteiger charge is -2.03. The Balaban J connectivity index is 3.08. The Kier molecular flexibility index (Phi) is 3.48. The quantitative estimate of drug-likeness (QED) is 0.550. The van der Waals surface area contributed by atoms with Crippen LogP contribution in [0.4, 0.5) is 0 Å². The summed E-state index contributed by atoms with van der Waals surface area (Å²) in [6.07, 6.45) is 0. The minimum Gasteiger partial charge on any atom is -0.503 e. The molecule has 0 spiro atoms. The molecule has 0 radical (unpaired) electrons. The van der Waals surface area contributed by atoms with Gasteiger partial charge in [0.2, 0.25) is 0 Å². The molecule has 3 heteroatoms. The summed E-state index contributed by atoms with van der Waals surface area (Å²) in [5.41, 5.74) is 0.528. The second-order valence-electron chi connectivity index (χ2n) is 2.29. The highest BCUT2D eigenvalue weighted by molar-refractivity contribution is 6.19. The van der Waals surface area contributed by atoms with Crippen molar-refractivity contribution in [3.05, 3.63) is 23.8 Å². The predicted molar refractivity (Wildman–Crippen MR) is 52.3 cm³/mol. The highest BCUT2D eigenvalue weighted by Gasteiger charge is 2.03. The number of para-hydroxylation sites is 1. The molecule has 1 rings (SSSR count). The normalized spacial score (nSPS) is 8.77. The van der Waals surface area contributed by atoms with Crippen LogP contribution in [0.5, 0.6) is 11.5 Å². The zero-order chi connectivity index (χ0) is 9.68. The van der Waals surface area contributed by atoms with Gasteiger partial charge in [0.25, 0.3) is 0 Å². The summed E-state index contributed by atoms with van der Waals surface area (Å²) < 4.78 is 4.91. The summed E-state index contributed by atoms with van der Waals surface area (Å²) in [5.74, 6) is 6.10. The lowest BCUT2D eigenvalue weighted by Crippen LogP contribution is -1.85. The maximum Gasteiger partial charge on any atom is 0.173 e. The van der Waals surface area contributed by atoms with E-state index >= 15 is 0 Å². The molecule has 0 aliphatic carbocycles. The zero-order valence-electron chi connectivity index (χ0n) is 7.17. The number of rotatable bonds is 1. The van der Waals surface area contributed by atoms with Crippen molar-refractivity contribution < 1.29 is 9.84 Å². The molecule has 1 aromatic carbocycles. The third-order valence-electron chi connectivity index (χ3n) is 1.51. The van der Waals surface area contributed by atoms with Gasteiger partial charge in [-0.2, -0.15) is 0 Å². The van der Waals surface area contributed by atoms with E-state index in [1.54, 1.807) is 18.2 Å². The molecule has 0 saturated heterocycles. The van der Waals surface area contributed by atoms with Gasteiger partial charge in [-0.05, 0) is 12.1 Å². The zero-order valence-corrected chi connectivity index (χ0v) is 7.93. The Hall–Kier alpha value is -1.33. The Morgan fingerprint density at radius 2 is 2.31 bits per heavy atom. The molecule has 0 aliphatic heterocycles. The number of hydrogen-bond donors (Lipinski definition) is 1. The van der Waals surface area contributed by atoms with E-state index in [1.165, 1.54) is 7.11 Å². The van der Waals surface area contributed by atoms with Gasteiger partial charge < -0.3 is 9.84 Å². The maximum absolute atomic E-state index is 9.54. The van der Waals surface area contributed by atoms with Gasteiger partial charge in [-0.3, -0.25) is 0 Å². The van der Waals surface area contributed by atoms with Gasteiger partial charge in [-0.15, -0.1) is 11.6 Å². The van der Waals surface area contributed by atoms with Gasteiger partial charge in [0.1, 0.15) is 0 Å². The maximum atomic E-state index is 9.54. The minimum atomic E-state index is 0.0580. The molecule has 0 fully saturated rings. The van der Waals surface area contributed by atoms with Gasteiger partial charge in [0.05, 0.1) is 18.6 Å². The third kappa shape index (κ3) is 2.30. The van der Waals surface area contributed by atoms with Gasteiger partial charge >= 0.3 is 0 Å². The monoisotopic (exact) mass is 196 g/mol. The van der Waals surface area contributed by atoms with Gasteiger partial charge in [0, 0.05) is 0 Å². The predicted octanol–water partition coefficient (Wildman–Crippen LogP) is 1.99. The SMILES string of the molecule is COc1cccc(C#CCCl)c1O. The smallest absolute Gasteiger partial charge is 0.173 e. The first-order valence-corrected chi connectivity index (χ1v) is 4.24. The van der Waals surface area contributed by atoms with E-state index < -0.39 is 0 Å². The van der Waals surface area contributed by atoms with E-state index in [-0.39, 0.29) is 11.6 Å². The number of phenols is 1. The molecular weight excluding hydrogens is 188 g/mol. The number of phenolic OH excluding ortho intramolecular Hbond substituents is 1. The lowest BCUT2D eigenvalue weighted by atomic mass is 10.2. The van der Waals surface area contributed by atoms with Gasteiger partial charge in [-0.25, -0.2) is 0 Å². The van der Waals surface area contributed by atoms with Crippen molar-refractivity contribution >= 4 is 11.6 Å². The van der Waals surface area contributed by atoms with Crippen LogP contribution in [0.25, 0.3) is 0 Å². The molecule has 0 aromatic heterocycles. The van der Waals surface area contributed by atoms with E-state index in [0.29, 0.717) is 11.3 Å². The van der Waals surface area contributed by atoms with Crippen molar-refractivity contribution in [3.8, 4) is 23.3 Å². The average molecular weight is 197 g/mol. The molecule has 0 atom stereocenters. The Bertz CT molecular complexity index is 350. The summed E-state index contributed by atoms with van der Waals surface area (Å²) in [6, 6.07) is 5.13. The largest absolute Gasteiger partial charge is 0.503 e. The van der Waals surface area contributed by atoms with Crippen LogP contribution in [0.1, 0.15) is 5.56 Å². The molecule has 0 bridgehead atoms. The number of methoxy groups -OCH3 is 1. The van der Waals surface area contributed by atoms with Crippen molar-refractivity contribution in [3.63, 3.8) is 0 Å². The first-order valence-electron chi connectivity index (χ1n) is 3.70. The fraction of sp³-hybridized carbons (Fsp3) is 0.200. The Morgan fingerprint density at radius 3 is 2.92 bits per heavy atom. The molecule has 0 saturated carbocycles. The summed E-state index contributed by atoms with van der Waals surface area (Å²) in [4.78, 5) is 0. The van der Waals surface area contributed by atoms with Gasteiger partial charge in [-0.1, -0.05) is 17.9 Å². The Labute approximate surface area is 82.1 Å². The lowest BCUT2D eigenvalue weighted by molar-refractivity contribution is 0.373. The van der Waals surface area contributed by atoms with Crippen LogP contribution in [-0.4, -0.2) is 18.1 Å². The molecular formula is C10H9ClO2. The van der Waals surface area contributed by atoms with Crippen molar-refractivity contribution in [1.82, 2.24) is 0 Å². The first-order chi connectivity index (χ1) is 6.29. The molecule has 0 aliphatic rings. The second kappa shape index (κ2) is 4.64. The number of aromatic hydroxyl groups is 1. The van der Waals surface area contributed by atoms with Crippen LogP contribution in [0.3, 0.4) is 0 Å². The minimum absolute atomic E-state index is 0.0580. The van der Waals surface area contributed by atoms with E-state index in [4.69, 9.17) is 16.3 Å². The molecule has 1 N–H and O–H groups in total. The third-order valence-corrected chi connectivity index (χ3v) is 1.64. The molecule has 0 heterocycles. The number of hydrogen-bond acceptors (Lipinski definition) is 2. The highest BCUT2D eigenvalue weighted by atomic mass is 35.5. The standard InChI is InChI=1S/C10H9ClO2/c1-13-9-6-2-4-8(10(9)12)5-3-7-11/h2,4,6,12H,7H2,1H3. The van der Waals surface area contributed by atoms with E-state index in [0.717, 1.165) is 0 Å². The van der Waals surface area contributed by atoms with E-state index in [9.17, 15) is 5.11 Å². The van der Waals surface area contributed by atoms with Crippen LogP contribution in [0.15, 0.2) is 18.2 Å². The van der Waals surface area contributed by atoms with Crippen LogP contribution in [0.2, 0.25) is 0 Å². The van der Waals surface area contributed by atoms with Crippen molar-refractivity contribution in [2.45, 2.75) is 0 Å². The van der Waals surface area contributed by atoms with Crippen molar-refractivity contribution in [1.29, 1.82) is 0 Å². The summed E-state index contributed by atoms with van der Waals surface area (Å²) in [6.45, 7) is 0. The van der Waals surface area contributed by atoms with Crippen molar-refractivity contribution in [2.24, 2.45) is 0 Å². The molecule has 13 heavy (non-hydrogen) atoms. The van der Waals surface area contributed by atoms with Crippen molar-refractivity contribution in [2.75, 3.05) is 13.0 Å². The summed E-state index contributed by atoms with van der Waals surface area (Å²) >= 11 is 5.39. The molecule has 0 unspecified atom stereocenters. The fourth-order valence-electron chi connectivity index (χ4n) is 0.917. The molecule has 0 amide bonds. The highest BCUT2D eigenvalue weighted by Crippen LogP contribution is 2.28. The van der Waals surface area contributed by atoms with Crippen LogP contribution in [-0.2, 0) is 0 Å². The van der Waals surface area contributed by atoms with Gasteiger partial charge in [0.15, 0.2) is 11.5 Å². The van der Waals surface area contributed by atoms with E-state index in [1.807, 2.05) is 0 Å². The second-order valence-corrected chi connectivity index (χ2v) is 2.56. The molecule has 68 valence electrons. The Morgan fingerprint density at radius 1 is 1.54 bits per heavy atom. The van der Waals surface area contributed by atoms with Crippen LogP contribution < -0.4 is 4.74 Å². The number of ether oxygens (including phenoxy) is 1. The number of benzene rings is 1. The first kappa shape index (κ1) is 9.76. The molecule has 2 nitrogen and oxygen atoms in total. The fourth-order valence-corrected chi connectivity index (χ4v) is 0.983. The summed E-state index contributed by atoms with van der Waals surface area (Å²) in [5, 5.41) is 9.54.